The number of pyridine rings is 1. The van der Waals surface area contributed by atoms with Gasteiger partial charge in [-0.3, -0.25) is 14.6 Å². The van der Waals surface area contributed by atoms with E-state index in [1.165, 1.54) is 0 Å². The first kappa shape index (κ1) is 20.2. The fourth-order valence-corrected chi connectivity index (χ4v) is 4.37. The van der Waals surface area contributed by atoms with E-state index in [1.54, 1.807) is 19.3 Å². The van der Waals surface area contributed by atoms with Crippen LogP contribution in [0.3, 0.4) is 0 Å². The Morgan fingerprint density at radius 2 is 1.88 bits per heavy atom. The summed E-state index contributed by atoms with van der Waals surface area (Å²) in [5.41, 5.74) is 4.79. The Morgan fingerprint density at radius 3 is 2.62 bits per heavy atom. The summed E-state index contributed by atoms with van der Waals surface area (Å²) in [6.07, 6.45) is 3.76. The minimum Gasteiger partial charge on any atom is -0.454 e. The summed E-state index contributed by atoms with van der Waals surface area (Å²) in [4.78, 5) is 29.8. The lowest BCUT2D eigenvalue weighted by Gasteiger charge is -2.16. The first-order valence-electron chi connectivity index (χ1n) is 10.7. The van der Waals surface area contributed by atoms with Crippen molar-refractivity contribution in [2.24, 2.45) is 0 Å². The molecule has 1 fully saturated rings. The van der Waals surface area contributed by atoms with Gasteiger partial charge in [-0.1, -0.05) is 18.2 Å². The van der Waals surface area contributed by atoms with Gasteiger partial charge in [-0.05, 0) is 66.8 Å². The Hall–Kier alpha value is -3.67. The smallest absolute Gasteiger partial charge is 0.251 e. The lowest BCUT2D eigenvalue weighted by Crippen LogP contribution is -2.23. The first-order chi connectivity index (χ1) is 15.5. The zero-order valence-electron chi connectivity index (χ0n) is 18.1. The van der Waals surface area contributed by atoms with Crippen molar-refractivity contribution in [1.82, 2.24) is 10.3 Å². The minimum absolute atomic E-state index is 0.127. The lowest BCUT2D eigenvalue weighted by atomic mass is 9.88. The van der Waals surface area contributed by atoms with E-state index in [0.29, 0.717) is 11.3 Å². The minimum atomic E-state index is -0.447. The van der Waals surface area contributed by atoms with Crippen molar-refractivity contribution in [3.63, 3.8) is 0 Å². The van der Waals surface area contributed by atoms with Crippen LogP contribution < -0.4 is 14.8 Å². The fourth-order valence-electron chi connectivity index (χ4n) is 4.37. The van der Waals surface area contributed by atoms with Crippen LogP contribution in [-0.4, -0.2) is 30.5 Å². The Kier molecular flexibility index (Phi) is 4.93. The summed E-state index contributed by atoms with van der Waals surface area (Å²) >= 11 is 0. The molecule has 1 amide bonds. The van der Waals surface area contributed by atoms with E-state index in [2.05, 4.69) is 10.3 Å². The predicted molar refractivity (Wildman–Crippen MR) is 120 cm³/mol. The van der Waals surface area contributed by atoms with Gasteiger partial charge < -0.3 is 14.8 Å². The highest BCUT2D eigenvalue weighted by atomic mass is 16.7. The van der Waals surface area contributed by atoms with Gasteiger partial charge in [0.15, 0.2) is 11.5 Å². The van der Waals surface area contributed by atoms with E-state index in [9.17, 15) is 9.59 Å². The second-order valence-corrected chi connectivity index (χ2v) is 8.40. The highest BCUT2D eigenvalue weighted by Crippen LogP contribution is 2.51. The molecule has 0 unspecified atom stereocenters. The molecule has 1 aliphatic carbocycles. The summed E-state index contributed by atoms with van der Waals surface area (Å²) < 4.78 is 10.9. The van der Waals surface area contributed by atoms with Crippen LogP contribution in [0, 0.1) is 6.92 Å². The Labute approximate surface area is 186 Å². The Balaban J connectivity index is 1.36. The van der Waals surface area contributed by atoms with Gasteiger partial charge in [0.2, 0.25) is 6.79 Å². The van der Waals surface area contributed by atoms with Crippen molar-refractivity contribution in [1.29, 1.82) is 0 Å². The molecule has 5 rings (SSSR count). The number of nitrogens with one attached hydrogen (secondary N) is 1. The van der Waals surface area contributed by atoms with Crippen molar-refractivity contribution >= 4 is 11.7 Å². The van der Waals surface area contributed by atoms with Gasteiger partial charge in [0.25, 0.3) is 5.91 Å². The van der Waals surface area contributed by atoms with Crippen LogP contribution in [0.2, 0.25) is 0 Å². The van der Waals surface area contributed by atoms with Crippen LogP contribution in [0.5, 0.6) is 11.5 Å². The highest BCUT2D eigenvalue weighted by Gasteiger charge is 2.51. The van der Waals surface area contributed by atoms with Crippen molar-refractivity contribution in [3.05, 3.63) is 77.1 Å². The van der Waals surface area contributed by atoms with Gasteiger partial charge in [0.05, 0.1) is 5.41 Å². The molecule has 6 heteroatoms. The molecule has 0 radical (unpaired) electrons. The topological polar surface area (TPSA) is 77.5 Å². The Bertz CT molecular complexity index is 1230. The zero-order valence-corrected chi connectivity index (χ0v) is 18.1. The maximum absolute atomic E-state index is 13.3. The van der Waals surface area contributed by atoms with Gasteiger partial charge in [0.1, 0.15) is 5.78 Å². The predicted octanol–water partition coefficient (Wildman–Crippen LogP) is 3.99. The molecule has 1 aromatic heterocycles. The van der Waals surface area contributed by atoms with Gasteiger partial charge >= 0.3 is 0 Å². The monoisotopic (exact) mass is 428 g/mol. The van der Waals surface area contributed by atoms with Crippen LogP contribution in [-0.2, 0) is 16.6 Å². The average molecular weight is 428 g/mol. The van der Waals surface area contributed by atoms with Gasteiger partial charge in [-0.2, -0.15) is 0 Å². The van der Waals surface area contributed by atoms with Crippen molar-refractivity contribution < 1.29 is 19.1 Å². The van der Waals surface area contributed by atoms with Gasteiger partial charge in [-0.15, -0.1) is 0 Å². The van der Waals surface area contributed by atoms with E-state index < -0.39 is 5.41 Å². The molecule has 0 atom stereocenters. The molecule has 3 aromatic rings. The third-order valence-electron chi connectivity index (χ3n) is 6.38. The molecule has 6 nitrogen and oxygen atoms in total. The molecule has 2 aromatic carbocycles. The van der Waals surface area contributed by atoms with Crippen LogP contribution >= 0.6 is 0 Å². The number of aryl methyl sites for hydroxylation is 1. The zero-order chi connectivity index (χ0) is 22.3. The van der Waals surface area contributed by atoms with Gasteiger partial charge in [0, 0.05) is 36.5 Å². The van der Waals surface area contributed by atoms with Crippen molar-refractivity contribution in [2.75, 3.05) is 13.8 Å². The number of rotatable bonds is 6. The standard InChI is InChI=1S/C26H24N2O4/c1-16-10-20(28-14-21(16)17-4-3-5-18(11-17)25(30)27-2)13-24(29)26(8-9-26)19-6-7-22-23(12-19)32-15-31-22/h3-7,10-12,14H,8-9,13,15H2,1-2H3,(H,27,30). The number of fused-ring (bicyclic) bond motifs is 1. The number of hydrogen-bond donors (Lipinski definition) is 1. The maximum atomic E-state index is 13.3. The highest BCUT2D eigenvalue weighted by molar-refractivity contribution is 5.96. The molecule has 1 N–H and O–H groups in total. The molecule has 0 spiro atoms. The largest absolute Gasteiger partial charge is 0.454 e. The molecule has 162 valence electrons. The SMILES string of the molecule is CNC(=O)c1cccc(-c2cnc(CC(=O)C3(c4ccc5c(c4)OCO5)CC3)cc2C)c1. The number of amides is 1. The molecule has 32 heavy (non-hydrogen) atoms. The summed E-state index contributed by atoms with van der Waals surface area (Å²) in [5.74, 6) is 1.49. The number of nitrogens with zero attached hydrogens (tertiary/aromatic N) is 1. The normalized spacial score (nSPS) is 15.3. The Morgan fingerprint density at radius 1 is 1.06 bits per heavy atom. The van der Waals surface area contributed by atoms with E-state index >= 15 is 0 Å². The summed E-state index contributed by atoms with van der Waals surface area (Å²) in [7, 11) is 1.61. The lowest BCUT2D eigenvalue weighted by molar-refractivity contribution is -0.120. The molecule has 2 aliphatic rings. The summed E-state index contributed by atoms with van der Waals surface area (Å²) in [5, 5.41) is 2.65. The molecular weight excluding hydrogens is 404 g/mol. The van der Waals surface area contributed by atoms with E-state index in [-0.39, 0.29) is 24.9 Å². The number of benzene rings is 2. The number of Topliss-reactive ketones (excluding diaryl/α,β-unsaturated/α-hetero) is 1. The van der Waals surface area contributed by atoms with Crippen molar-refractivity contribution in [3.8, 4) is 22.6 Å². The van der Waals surface area contributed by atoms with Gasteiger partial charge in [-0.25, -0.2) is 0 Å². The average Bonchev–Trinajstić information content (AvgIpc) is 3.49. The van der Waals surface area contributed by atoms with Crippen LogP contribution in [0.4, 0.5) is 0 Å². The van der Waals surface area contributed by atoms with Crippen LogP contribution in [0.1, 0.15) is 40.0 Å². The third-order valence-corrected chi connectivity index (χ3v) is 6.38. The number of ether oxygens (including phenoxy) is 2. The number of carbonyl (C=O) groups is 2. The number of aromatic nitrogens is 1. The second kappa shape index (κ2) is 7.79. The van der Waals surface area contributed by atoms with Crippen molar-refractivity contribution in [2.45, 2.75) is 31.6 Å². The molecule has 0 bridgehead atoms. The molecule has 1 aliphatic heterocycles. The number of carbonyl (C=O) groups excluding carboxylic acids is 2. The first-order valence-corrected chi connectivity index (χ1v) is 10.7. The summed E-state index contributed by atoms with van der Waals surface area (Å²) in [6.45, 7) is 2.23. The number of hydrogen-bond acceptors (Lipinski definition) is 5. The van der Waals surface area contributed by atoms with E-state index in [1.807, 2.05) is 49.4 Å². The third kappa shape index (κ3) is 3.51. The second-order valence-electron chi connectivity index (χ2n) is 8.40. The molecule has 0 saturated heterocycles. The summed E-state index contributed by atoms with van der Waals surface area (Å²) in [6, 6.07) is 15.2. The molecule has 2 heterocycles. The molecular formula is C26H24N2O4. The van der Waals surface area contributed by atoms with E-state index in [4.69, 9.17) is 9.47 Å². The van der Waals surface area contributed by atoms with Crippen LogP contribution in [0.25, 0.3) is 11.1 Å². The van der Waals surface area contributed by atoms with E-state index in [0.717, 1.165) is 46.5 Å². The number of ketones is 1. The fraction of sp³-hybridized carbons (Fsp3) is 0.269. The van der Waals surface area contributed by atoms with Crippen LogP contribution in [0.15, 0.2) is 54.7 Å². The quantitative estimate of drug-likeness (QED) is 0.642. The molecule has 1 saturated carbocycles. The maximum Gasteiger partial charge on any atom is 0.251 e.